The maximum atomic E-state index is 12.6. The van der Waals surface area contributed by atoms with Gasteiger partial charge in [0, 0.05) is 30.1 Å². The van der Waals surface area contributed by atoms with E-state index >= 15 is 0 Å². The van der Waals surface area contributed by atoms with Crippen LogP contribution in [-0.2, 0) is 10.0 Å². The second-order valence-corrected chi connectivity index (χ2v) is 9.43. The first-order chi connectivity index (χ1) is 13.9. The molecule has 1 aliphatic heterocycles. The van der Waals surface area contributed by atoms with Gasteiger partial charge < -0.3 is 10.2 Å². The predicted octanol–water partition coefficient (Wildman–Crippen LogP) is 1.98. The number of sulfonamides is 1. The molecule has 1 aliphatic rings. The van der Waals surface area contributed by atoms with Gasteiger partial charge in [-0.15, -0.1) is 0 Å². The Balaban J connectivity index is 1.59. The maximum Gasteiger partial charge on any atom is 0.261 e. The topological polar surface area (TPSA) is 79.7 Å². The van der Waals surface area contributed by atoms with E-state index in [1.807, 2.05) is 19.1 Å². The highest BCUT2D eigenvalue weighted by Gasteiger charge is 2.23. The van der Waals surface area contributed by atoms with Crippen molar-refractivity contribution in [2.75, 3.05) is 24.4 Å². The summed E-state index contributed by atoms with van der Waals surface area (Å²) in [5.41, 5.74) is 2.04. The third-order valence-corrected chi connectivity index (χ3v) is 6.76. The molecule has 1 fully saturated rings. The second-order valence-electron chi connectivity index (χ2n) is 7.74. The lowest BCUT2D eigenvalue weighted by Crippen LogP contribution is -3.13. The quantitative estimate of drug-likeness (QED) is 0.646. The van der Waals surface area contributed by atoms with Crippen molar-refractivity contribution in [3.05, 3.63) is 59.7 Å². The molecule has 0 atom stereocenters. The van der Waals surface area contributed by atoms with Crippen LogP contribution in [0.3, 0.4) is 0 Å². The van der Waals surface area contributed by atoms with Gasteiger partial charge in [0.15, 0.2) is 0 Å². The molecular weight excluding hydrogens is 386 g/mol. The molecule has 156 valence electrons. The molecule has 2 aromatic carbocycles. The SMILES string of the molecule is CCC[NH+]1CCC(NC(=O)c2ccc(S(=O)(=O)Nc3ccc(C)cc3)cc2)CC1. The second kappa shape index (κ2) is 9.41. The molecule has 1 saturated heterocycles. The highest BCUT2D eigenvalue weighted by Crippen LogP contribution is 2.17. The highest BCUT2D eigenvalue weighted by atomic mass is 32.2. The minimum atomic E-state index is -3.69. The van der Waals surface area contributed by atoms with E-state index in [1.165, 1.54) is 25.1 Å². The molecule has 1 amide bonds. The van der Waals surface area contributed by atoms with Crippen LogP contribution >= 0.6 is 0 Å². The Morgan fingerprint density at radius 3 is 2.24 bits per heavy atom. The van der Waals surface area contributed by atoms with Gasteiger partial charge in [0.1, 0.15) is 0 Å². The highest BCUT2D eigenvalue weighted by molar-refractivity contribution is 7.92. The lowest BCUT2D eigenvalue weighted by molar-refractivity contribution is -0.905. The standard InChI is InChI=1S/C22H29N3O3S/c1-3-14-25-15-12-19(13-16-25)23-22(26)18-6-10-21(11-7-18)29(27,28)24-20-8-4-17(2)5-9-20/h4-11,19,24H,3,12-16H2,1-2H3,(H,23,26)/p+1. The van der Waals surface area contributed by atoms with Crippen LogP contribution in [0.25, 0.3) is 0 Å². The van der Waals surface area contributed by atoms with Gasteiger partial charge in [-0.25, -0.2) is 8.42 Å². The van der Waals surface area contributed by atoms with Crippen LogP contribution in [0.4, 0.5) is 5.69 Å². The number of hydrogen-bond acceptors (Lipinski definition) is 3. The lowest BCUT2D eigenvalue weighted by Gasteiger charge is -2.29. The minimum Gasteiger partial charge on any atom is -0.349 e. The number of aryl methyl sites for hydroxylation is 1. The smallest absolute Gasteiger partial charge is 0.261 e. The van der Waals surface area contributed by atoms with E-state index in [4.69, 9.17) is 0 Å². The van der Waals surface area contributed by atoms with E-state index in [0.717, 1.165) is 31.5 Å². The van der Waals surface area contributed by atoms with Gasteiger partial charge in [-0.05, 0) is 49.7 Å². The van der Waals surface area contributed by atoms with Crippen LogP contribution in [0.5, 0.6) is 0 Å². The van der Waals surface area contributed by atoms with Gasteiger partial charge in [-0.3, -0.25) is 9.52 Å². The van der Waals surface area contributed by atoms with E-state index in [9.17, 15) is 13.2 Å². The number of nitrogens with one attached hydrogen (secondary N) is 3. The predicted molar refractivity (Wildman–Crippen MR) is 115 cm³/mol. The first-order valence-electron chi connectivity index (χ1n) is 10.2. The average Bonchev–Trinajstić information content (AvgIpc) is 2.71. The monoisotopic (exact) mass is 416 g/mol. The van der Waals surface area contributed by atoms with Gasteiger partial charge in [-0.1, -0.05) is 24.6 Å². The Hall–Kier alpha value is -2.38. The summed E-state index contributed by atoms with van der Waals surface area (Å²) < 4.78 is 27.7. The summed E-state index contributed by atoms with van der Waals surface area (Å²) >= 11 is 0. The van der Waals surface area contributed by atoms with E-state index in [-0.39, 0.29) is 16.8 Å². The van der Waals surface area contributed by atoms with Crippen LogP contribution in [0.15, 0.2) is 53.4 Å². The molecule has 2 aromatic rings. The molecular formula is C22H30N3O3S+. The van der Waals surface area contributed by atoms with Crippen LogP contribution in [-0.4, -0.2) is 40.0 Å². The fourth-order valence-electron chi connectivity index (χ4n) is 3.66. The number of carbonyl (C=O) groups is 1. The first-order valence-corrected chi connectivity index (χ1v) is 11.7. The molecule has 6 nitrogen and oxygen atoms in total. The van der Waals surface area contributed by atoms with Gasteiger partial charge >= 0.3 is 0 Å². The molecule has 3 rings (SSSR count). The molecule has 0 aliphatic carbocycles. The zero-order chi connectivity index (χ0) is 20.9. The van der Waals surface area contributed by atoms with Crippen molar-refractivity contribution < 1.29 is 18.1 Å². The van der Waals surface area contributed by atoms with Crippen molar-refractivity contribution in [3.63, 3.8) is 0 Å². The van der Waals surface area contributed by atoms with E-state index in [2.05, 4.69) is 17.0 Å². The largest absolute Gasteiger partial charge is 0.349 e. The zero-order valence-electron chi connectivity index (χ0n) is 17.1. The van der Waals surface area contributed by atoms with Gasteiger partial charge in [0.2, 0.25) is 0 Å². The van der Waals surface area contributed by atoms with Crippen molar-refractivity contribution in [2.24, 2.45) is 0 Å². The average molecular weight is 417 g/mol. The Kier molecular flexibility index (Phi) is 6.92. The number of quaternary nitrogens is 1. The minimum absolute atomic E-state index is 0.131. The molecule has 0 spiro atoms. The molecule has 0 bridgehead atoms. The molecule has 0 saturated carbocycles. The fourth-order valence-corrected chi connectivity index (χ4v) is 4.72. The van der Waals surface area contributed by atoms with Crippen LogP contribution in [0, 0.1) is 6.92 Å². The van der Waals surface area contributed by atoms with Crippen molar-refractivity contribution in [3.8, 4) is 0 Å². The number of anilines is 1. The first kappa shape index (κ1) is 21.3. The summed E-state index contributed by atoms with van der Waals surface area (Å²) in [6, 6.07) is 13.4. The number of piperidine rings is 1. The molecule has 0 unspecified atom stereocenters. The lowest BCUT2D eigenvalue weighted by atomic mass is 10.0. The van der Waals surface area contributed by atoms with Gasteiger partial charge in [0.25, 0.3) is 15.9 Å². The third-order valence-electron chi connectivity index (χ3n) is 5.36. The van der Waals surface area contributed by atoms with Crippen molar-refractivity contribution >= 4 is 21.6 Å². The Morgan fingerprint density at radius 1 is 1.03 bits per heavy atom. The normalized spacial score (nSPS) is 19.5. The number of carbonyl (C=O) groups excluding carboxylic acids is 1. The Bertz CT molecular complexity index is 917. The molecule has 1 heterocycles. The third kappa shape index (κ3) is 5.81. The van der Waals surface area contributed by atoms with Gasteiger partial charge in [-0.2, -0.15) is 0 Å². The van der Waals surface area contributed by atoms with Crippen LogP contribution in [0.1, 0.15) is 42.1 Å². The van der Waals surface area contributed by atoms with Crippen molar-refractivity contribution in [2.45, 2.75) is 44.0 Å². The maximum absolute atomic E-state index is 12.6. The van der Waals surface area contributed by atoms with Crippen molar-refractivity contribution in [1.82, 2.24) is 5.32 Å². The summed E-state index contributed by atoms with van der Waals surface area (Å²) in [6.07, 6.45) is 3.14. The van der Waals surface area contributed by atoms with Crippen LogP contribution < -0.4 is 14.9 Å². The molecule has 3 N–H and O–H groups in total. The number of rotatable bonds is 7. The van der Waals surface area contributed by atoms with E-state index in [0.29, 0.717) is 11.3 Å². The van der Waals surface area contributed by atoms with Crippen molar-refractivity contribution in [1.29, 1.82) is 0 Å². The van der Waals surface area contributed by atoms with E-state index < -0.39 is 10.0 Å². The molecule has 0 aromatic heterocycles. The molecule has 0 radical (unpaired) electrons. The molecule has 7 heteroatoms. The number of likely N-dealkylation sites (tertiary alicyclic amines) is 1. The summed E-state index contributed by atoms with van der Waals surface area (Å²) in [5, 5.41) is 3.08. The Labute approximate surface area is 173 Å². The van der Waals surface area contributed by atoms with Crippen LogP contribution in [0.2, 0.25) is 0 Å². The zero-order valence-corrected chi connectivity index (χ0v) is 17.9. The summed E-state index contributed by atoms with van der Waals surface area (Å²) in [6.45, 7) is 7.49. The summed E-state index contributed by atoms with van der Waals surface area (Å²) in [7, 11) is -3.69. The number of amides is 1. The summed E-state index contributed by atoms with van der Waals surface area (Å²) in [5.74, 6) is -0.149. The van der Waals surface area contributed by atoms with E-state index in [1.54, 1.807) is 29.2 Å². The molecule has 29 heavy (non-hydrogen) atoms. The summed E-state index contributed by atoms with van der Waals surface area (Å²) in [4.78, 5) is 14.3. The Morgan fingerprint density at radius 2 is 1.66 bits per heavy atom. The van der Waals surface area contributed by atoms with Gasteiger partial charge in [0.05, 0.1) is 24.5 Å². The number of benzene rings is 2. The fraction of sp³-hybridized carbons (Fsp3) is 0.409. The number of hydrogen-bond donors (Lipinski definition) is 3.